The molecular weight excluding hydrogens is 663 g/mol. The molecule has 0 saturated heterocycles. The second-order valence-electron chi connectivity index (χ2n) is 8.51. The minimum Gasteiger partial charge on any atom is -0.349 e. The number of benzene rings is 2. The van der Waals surface area contributed by atoms with E-state index in [1.165, 1.54) is 24.3 Å². The molecule has 3 aromatic rings. The summed E-state index contributed by atoms with van der Waals surface area (Å²) in [5.74, 6) is -3.99. The summed E-state index contributed by atoms with van der Waals surface area (Å²) in [5, 5.41) is 8.55. The van der Waals surface area contributed by atoms with E-state index >= 15 is 0 Å². The summed E-state index contributed by atoms with van der Waals surface area (Å²) in [6, 6.07) is 8.85. The molecule has 7 nitrogen and oxygen atoms in total. The summed E-state index contributed by atoms with van der Waals surface area (Å²) in [5.41, 5.74) is 1.25. The summed E-state index contributed by atoms with van der Waals surface area (Å²) >= 11 is 3.52. The Morgan fingerprint density at radius 1 is 1.08 bits per heavy atom. The number of amides is 2. The lowest BCUT2D eigenvalue weighted by Gasteiger charge is -2.17. The van der Waals surface area contributed by atoms with E-state index in [1.807, 2.05) is 35.8 Å². The number of aryl methyl sites for hydroxylation is 1. The number of thioether (sulfide) groups is 1. The van der Waals surface area contributed by atoms with Gasteiger partial charge >= 0.3 is 12.4 Å². The van der Waals surface area contributed by atoms with Crippen LogP contribution < -0.4 is 10.6 Å². The standard InChI is InChI=1S/C24H22F6IN5O2S/c1-12-9-14(10-36-22(24(28,29)30)34-21(35-36)23(25,26)27)7-8-17(12)33-19(37)15-5-4-6-16(31)18(15)20(38)32-13(2)11-39-3/h4-9,13H,10-11H2,1-3H3,(H,32,38)(H,33,37). The van der Waals surface area contributed by atoms with Gasteiger partial charge in [-0.05, 0) is 72.0 Å². The number of hydrogen-bond donors (Lipinski definition) is 2. The zero-order valence-corrected chi connectivity index (χ0v) is 23.6. The molecule has 0 bridgehead atoms. The molecule has 1 aromatic heterocycles. The minimum atomic E-state index is -5.15. The van der Waals surface area contributed by atoms with Crippen LogP contribution in [0, 0.1) is 10.5 Å². The molecule has 1 heterocycles. The topological polar surface area (TPSA) is 88.9 Å². The number of carbonyl (C=O) groups excluding carboxylic acids is 2. The Kier molecular flexibility index (Phi) is 9.56. The Morgan fingerprint density at radius 2 is 1.77 bits per heavy atom. The van der Waals surface area contributed by atoms with Gasteiger partial charge in [-0.3, -0.25) is 9.59 Å². The van der Waals surface area contributed by atoms with Crippen molar-refractivity contribution in [3.63, 3.8) is 0 Å². The van der Waals surface area contributed by atoms with Gasteiger partial charge in [0.1, 0.15) is 0 Å². The van der Waals surface area contributed by atoms with Crippen molar-refractivity contribution in [1.82, 2.24) is 20.1 Å². The quantitative estimate of drug-likeness (QED) is 0.224. The van der Waals surface area contributed by atoms with Crippen LogP contribution in [-0.2, 0) is 18.9 Å². The SMILES string of the molecule is CSCC(C)NC(=O)c1c(I)cccc1C(=O)Nc1ccc(Cn2nc(C(F)(F)F)nc2C(F)(F)F)cc1C. The highest BCUT2D eigenvalue weighted by Crippen LogP contribution is 2.33. The van der Waals surface area contributed by atoms with Crippen LogP contribution in [0.2, 0.25) is 0 Å². The van der Waals surface area contributed by atoms with Gasteiger partial charge in [0.05, 0.1) is 17.7 Å². The van der Waals surface area contributed by atoms with Crippen molar-refractivity contribution >= 4 is 51.9 Å². The average Bonchev–Trinajstić information content (AvgIpc) is 3.25. The third-order valence-electron chi connectivity index (χ3n) is 5.33. The van der Waals surface area contributed by atoms with Crippen molar-refractivity contribution in [3.05, 3.63) is 73.9 Å². The van der Waals surface area contributed by atoms with Crippen LogP contribution in [0.15, 0.2) is 36.4 Å². The van der Waals surface area contributed by atoms with Crippen molar-refractivity contribution in [2.24, 2.45) is 0 Å². The lowest BCUT2D eigenvalue weighted by atomic mass is 10.0. The molecule has 1 unspecified atom stereocenters. The minimum absolute atomic E-state index is 0.122. The monoisotopic (exact) mass is 685 g/mol. The predicted molar refractivity (Wildman–Crippen MR) is 143 cm³/mol. The van der Waals surface area contributed by atoms with Crippen LogP contribution in [0.1, 0.15) is 50.4 Å². The van der Waals surface area contributed by atoms with Crippen LogP contribution in [-0.4, -0.2) is 44.6 Å². The van der Waals surface area contributed by atoms with Crippen LogP contribution in [0.3, 0.4) is 0 Å². The van der Waals surface area contributed by atoms with Crippen LogP contribution in [0.4, 0.5) is 32.0 Å². The summed E-state index contributed by atoms with van der Waals surface area (Å²) in [7, 11) is 0. The fraction of sp³-hybridized carbons (Fsp3) is 0.333. The van der Waals surface area contributed by atoms with Crippen molar-refractivity contribution < 1.29 is 35.9 Å². The van der Waals surface area contributed by atoms with E-state index in [-0.39, 0.29) is 27.4 Å². The highest BCUT2D eigenvalue weighted by Gasteiger charge is 2.44. The van der Waals surface area contributed by atoms with E-state index in [9.17, 15) is 35.9 Å². The maximum atomic E-state index is 13.3. The summed E-state index contributed by atoms with van der Waals surface area (Å²) in [4.78, 5) is 28.7. The average molecular weight is 685 g/mol. The number of halogens is 7. The smallest absolute Gasteiger partial charge is 0.349 e. The normalized spacial score (nSPS) is 12.8. The first kappa shape index (κ1) is 30.7. The Morgan fingerprint density at radius 3 is 2.36 bits per heavy atom. The fourth-order valence-corrected chi connectivity index (χ4v) is 4.97. The third kappa shape index (κ3) is 7.64. The van der Waals surface area contributed by atoms with Crippen molar-refractivity contribution in [2.45, 2.75) is 38.8 Å². The summed E-state index contributed by atoms with van der Waals surface area (Å²) in [6.45, 7) is 2.77. The van der Waals surface area contributed by atoms with Crippen LogP contribution >= 0.6 is 34.4 Å². The first-order chi connectivity index (χ1) is 18.1. The Hall–Kier alpha value is -2.82. The molecule has 0 spiro atoms. The van der Waals surface area contributed by atoms with Gasteiger partial charge in [-0.25, -0.2) is 4.68 Å². The zero-order valence-electron chi connectivity index (χ0n) is 20.7. The largest absolute Gasteiger partial charge is 0.453 e. The highest BCUT2D eigenvalue weighted by atomic mass is 127. The molecule has 15 heteroatoms. The van der Waals surface area contributed by atoms with E-state index in [0.717, 1.165) is 0 Å². The van der Waals surface area contributed by atoms with Gasteiger partial charge in [0, 0.05) is 21.1 Å². The van der Waals surface area contributed by atoms with Gasteiger partial charge in [-0.1, -0.05) is 18.2 Å². The highest BCUT2D eigenvalue weighted by molar-refractivity contribution is 14.1. The second-order valence-corrected chi connectivity index (χ2v) is 10.6. The lowest BCUT2D eigenvalue weighted by Crippen LogP contribution is -2.36. The molecule has 1 atom stereocenters. The molecule has 2 aromatic carbocycles. The number of anilines is 1. The number of rotatable bonds is 8. The molecule has 39 heavy (non-hydrogen) atoms. The second kappa shape index (κ2) is 12.1. The van der Waals surface area contributed by atoms with E-state index in [4.69, 9.17) is 0 Å². The number of carbonyl (C=O) groups is 2. The van der Waals surface area contributed by atoms with Gasteiger partial charge in [0.2, 0.25) is 5.82 Å². The number of nitrogens with zero attached hydrogens (tertiary/aromatic N) is 3. The van der Waals surface area contributed by atoms with Gasteiger partial charge in [0.25, 0.3) is 17.6 Å². The zero-order chi connectivity index (χ0) is 29.1. The van der Waals surface area contributed by atoms with E-state index in [1.54, 1.807) is 30.8 Å². The summed E-state index contributed by atoms with van der Waals surface area (Å²) in [6.07, 6.45) is -8.39. The number of nitrogens with one attached hydrogen (secondary N) is 2. The van der Waals surface area contributed by atoms with Crippen molar-refractivity contribution in [3.8, 4) is 0 Å². The number of aromatic nitrogens is 3. The van der Waals surface area contributed by atoms with Gasteiger partial charge < -0.3 is 10.6 Å². The van der Waals surface area contributed by atoms with Crippen LogP contribution in [0.5, 0.6) is 0 Å². The van der Waals surface area contributed by atoms with Gasteiger partial charge in [-0.15, -0.1) is 5.10 Å². The summed E-state index contributed by atoms with van der Waals surface area (Å²) < 4.78 is 79.2. The van der Waals surface area contributed by atoms with Crippen molar-refractivity contribution in [2.75, 3.05) is 17.3 Å². The molecule has 0 radical (unpaired) electrons. The number of hydrogen-bond acceptors (Lipinski definition) is 5. The predicted octanol–water partition coefficient (Wildman–Crippen LogP) is 6.01. The molecule has 0 aliphatic carbocycles. The Labute approximate surface area is 237 Å². The van der Waals surface area contributed by atoms with Crippen molar-refractivity contribution in [1.29, 1.82) is 0 Å². The maximum Gasteiger partial charge on any atom is 0.453 e. The Balaban J connectivity index is 1.84. The molecule has 0 aliphatic rings. The molecule has 0 fully saturated rings. The molecule has 210 valence electrons. The molecule has 2 N–H and O–H groups in total. The first-order valence-corrected chi connectivity index (χ1v) is 13.7. The third-order valence-corrected chi connectivity index (χ3v) is 7.06. The molecule has 3 rings (SSSR count). The Bertz CT molecular complexity index is 1380. The van der Waals surface area contributed by atoms with E-state index < -0.39 is 42.4 Å². The fourth-order valence-electron chi connectivity index (χ4n) is 3.64. The van der Waals surface area contributed by atoms with Crippen LogP contribution in [0.25, 0.3) is 0 Å². The molecule has 2 amide bonds. The molecule has 0 saturated carbocycles. The number of alkyl halides is 6. The first-order valence-electron chi connectivity index (χ1n) is 11.2. The molecular formula is C24H22F6IN5O2S. The maximum absolute atomic E-state index is 13.3. The molecule has 0 aliphatic heterocycles. The lowest BCUT2D eigenvalue weighted by molar-refractivity contribution is -0.150. The van der Waals surface area contributed by atoms with E-state index in [0.29, 0.717) is 20.6 Å². The van der Waals surface area contributed by atoms with Gasteiger partial charge in [-0.2, -0.15) is 43.1 Å². The van der Waals surface area contributed by atoms with E-state index in [2.05, 4.69) is 20.7 Å². The van der Waals surface area contributed by atoms with Gasteiger partial charge in [0.15, 0.2) is 0 Å².